The maximum absolute atomic E-state index is 10.6. The second-order valence-electron chi connectivity index (χ2n) is 2.94. The zero-order chi connectivity index (χ0) is 11.3. The number of hydrogen-bond acceptors (Lipinski definition) is 3. The average molecular weight is 230 g/mol. The van der Waals surface area contributed by atoms with Gasteiger partial charge in [-0.2, -0.15) is 0 Å². The molecule has 0 spiro atoms. The van der Waals surface area contributed by atoms with Crippen LogP contribution in [0.5, 0.6) is 5.75 Å². The van der Waals surface area contributed by atoms with Crippen molar-refractivity contribution in [1.29, 1.82) is 0 Å². The zero-order valence-electron chi connectivity index (χ0n) is 8.24. The molecule has 0 aromatic heterocycles. The smallest absolute Gasteiger partial charge is 0.324 e. The molecule has 0 amide bonds. The summed E-state index contributed by atoms with van der Waals surface area (Å²) >= 11 is 5.69. The molecule has 0 fully saturated rings. The van der Waals surface area contributed by atoms with Crippen molar-refractivity contribution < 1.29 is 14.6 Å². The van der Waals surface area contributed by atoms with Crippen LogP contribution in [0.2, 0.25) is 5.02 Å². The Kier molecular flexibility index (Phi) is 4.39. The lowest BCUT2D eigenvalue weighted by Gasteiger charge is -2.12. The van der Waals surface area contributed by atoms with Gasteiger partial charge in [0.15, 0.2) is 0 Å². The molecular weight excluding hydrogens is 218 g/mol. The molecule has 4 nitrogen and oxygen atoms in total. The van der Waals surface area contributed by atoms with Gasteiger partial charge in [0, 0.05) is 5.02 Å². The van der Waals surface area contributed by atoms with Crippen molar-refractivity contribution in [3.8, 4) is 5.75 Å². The predicted octanol–water partition coefficient (Wildman–Crippen LogP) is 1.39. The predicted molar refractivity (Wildman–Crippen MR) is 57.4 cm³/mol. The van der Waals surface area contributed by atoms with E-state index in [0.29, 0.717) is 10.8 Å². The highest BCUT2D eigenvalue weighted by molar-refractivity contribution is 6.30. The summed E-state index contributed by atoms with van der Waals surface area (Å²) in [7, 11) is 1.57. The van der Waals surface area contributed by atoms with Gasteiger partial charge in [0.1, 0.15) is 18.4 Å². The Balaban J connectivity index is 2.49. The van der Waals surface area contributed by atoms with Gasteiger partial charge in [-0.1, -0.05) is 11.6 Å². The van der Waals surface area contributed by atoms with E-state index in [1.165, 1.54) is 0 Å². The first-order valence-electron chi connectivity index (χ1n) is 4.42. The van der Waals surface area contributed by atoms with Gasteiger partial charge in [-0.05, 0) is 31.3 Å². The Hall–Kier alpha value is -1.26. The molecule has 82 valence electrons. The monoisotopic (exact) mass is 229 g/mol. The molecule has 0 saturated heterocycles. The number of aliphatic carboxylic acids is 1. The van der Waals surface area contributed by atoms with Crippen molar-refractivity contribution in [2.45, 2.75) is 6.04 Å². The summed E-state index contributed by atoms with van der Waals surface area (Å²) in [5, 5.41) is 12.0. The quantitative estimate of drug-likeness (QED) is 0.801. The van der Waals surface area contributed by atoms with Gasteiger partial charge in [0.25, 0.3) is 0 Å². The van der Waals surface area contributed by atoms with E-state index in [0.717, 1.165) is 0 Å². The standard InChI is InChI=1S/C10H12ClNO3/c1-12-9(10(13)14)6-15-8-4-2-7(11)3-5-8/h2-5,9,12H,6H2,1H3,(H,13,14). The molecule has 1 aromatic rings. The van der Waals surface area contributed by atoms with E-state index in [1.807, 2.05) is 0 Å². The number of carboxylic acid groups (broad SMARTS) is 1. The van der Waals surface area contributed by atoms with Crippen molar-refractivity contribution in [3.05, 3.63) is 29.3 Å². The lowest BCUT2D eigenvalue weighted by atomic mass is 10.3. The van der Waals surface area contributed by atoms with Gasteiger partial charge >= 0.3 is 5.97 Å². The molecule has 15 heavy (non-hydrogen) atoms. The average Bonchev–Trinajstić information content (AvgIpc) is 2.21. The van der Waals surface area contributed by atoms with Crippen LogP contribution >= 0.6 is 11.6 Å². The van der Waals surface area contributed by atoms with Crippen molar-refractivity contribution in [1.82, 2.24) is 5.32 Å². The largest absolute Gasteiger partial charge is 0.491 e. The van der Waals surface area contributed by atoms with E-state index < -0.39 is 12.0 Å². The van der Waals surface area contributed by atoms with E-state index >= 15 is 0 Å². The van der Waals surface area contributed by atoms with Crippen LogP contribution in [0.15, 0.2) is 24.3 Å². The Bertz CT molecular complexity index is 326. The second-order valence-corrected chi connectivity index (χ2v) is 3.38. The minimum Gasteiger partial charge on any atom is -0.491 e. The fraction of sp³-hybridized carbons (Fsp3) is 0.300. The first-order valence-corrected chi connectivity index (χ1v) is 4.79. The summed E-state index contributed by atoms with van der Waals surface area (Å²) in [6.07, 6.45) is 0. The molecule has 0 saturated carbocycles. The molecule has 0 aliphatic heterocycles. The minimum absolute atomic E-state index is 0.0769. The maximum atomic E-state index is 10.6. The Morgan fingerprint density at radius 1 is 1.53 bits per heavy atom. The third-order valence-electron chi connectivity index (χ3n) is 1.88. The summed E-state index contributed by atoms with van der Waals surface area (Å²) in [5.41, 5.74) is 0. The van der Waals surface area contributed by atoms with Crippen LogP contribution in [-0.2, 0) is 4.79 Å². The number of nitrogens with one attached hydrogen (secondary N) is 1. The lowest BCUT2D eigenvalue weighted by Crippen LogP contribution is -2.39. The van der Waals surface area contributed by atoms with Crippen molar-refractivity contribution in [2.24, 2.45) is 0 Å². The molecule has 5 heteroatoms. The molecule has 1 aromatic carbocycles. The van der Waals surface area contributed by atoms with Crippen LogP contribution in [0.25, 0.3) is 0 Å². The summed E-state index contributed by atoms with van der Waals surface area (Å²) in [4.78, 5) is 10.6. The van der Waals surface area contributed by atoms with Crippen LogP contribution in [0, 0.1) is 0 Å². The van der Waals surface area contributed by atoms with E-state index in [4.69, 9.17) is 21.4 Å². The third kappa shape index (κ3) is 3.77. The lowest BCUT2D eigenvalue weighted by molar-refractivity contribution is -0.140. The summed E-state index contributed by atoms with van der Waals surface area (Å²) in [6.45, 7) is 0.0769. The first-order chi connectivity index (χ1) is 7.13. The van der Waals surface area contributed by atoms with Crippen molar-refractivity contribution in [2.75, 3.05) is 13.7 Å². The number of ether oxygens (including phenoxy) is 1. The molecule has 2 N–H and O–H groups in total. The Morgan fingerprint density at radius 2 is 2.13 bits per heavy atom. The zero-order valence-corrected chi connectivity index (χ0v) is 8.99. The SMILES string of the molecule is CNC(COc1ccc(Cl)cc1)C(=O)O. The van der Waals surface area contributed by atoms with E-state index in [9.17, 15) is 4.79 Å². The van der Waals surface area contributed by atoms with Crippen molar-refractivity contribution >= 4 is 17.6 Å². The molecule has 1 atom stereocenters. The number of halogens is 1. The van der Waals surface area contributed by atoms with Gasteiger partial charge in [0.2, 0.25) is 0 Å². The van der Waals surface area contributed by atoms with Crippen LogP contribution in [0.3, 0.4) is 0 Å². The first kappa shape index (κ1) is 11.8. The number of hydrogen-bond donors (Lipinski definition) is 2. The fourth-order valence-corrected chi connectivity index (χ4v) is 1.11. The molecule has 0 bridgehead atoms. The topological polar surface area (TPSA) is 58.6 Å². The summed E-state index contributed by atoms with van der Waals surface area (Å²) in [6, 6.07) is 6.05. The van der Waals surface area contributed by atoms with Crippen LogP contribution in [0.1, 0.15) is 0 Å². The molecule has 1 unspecified atom stereocenters. The number of carbonyl (C=O) groups is 1. The number of rotatable bonds is 5. The normalized spacial score (nSPS) is 12.1. The molecule has 0 aliphatic rings. The summed E-state index contributed by atoms with van der Waals surface area (Å²) in [5.74, 6) is -0.340. The molecule has 0 heterocycles. The van der Waals surface area contributed by atoms with E-state index in [-0.39, 0.29) is 6.61 Å². The number of benzene rings is 1. The van der Waals surface area contributed by atoms with Gasteiger partial charge < -0.3 is 15.2 Å². The van der Waals surface area contributed by atoms with Gasteiger partial charge in [-0.15, -0.1) is 0 Å². The highest BCUT2D eigenvalue weighted by Gasteiger charge is 2.15. The van der Waals surface area contributed by atoms with Crippen molar-refractivity contribution in [3.63, 3.8) is 0 Å². The minimum atomic E-state index is -0.938. The van der Waals surface area contributed by atoms with Gasteiger partial charge in [-0.25, -0.2) is 0 Å². The van der Waals surface area contributed by atoms with Crippen LogP contribution in [0.4, 0.5) is 0 Å². The van der Waals surface area contributed by atoms with Crippen LogP contribution < -0.4 is 10.1 Å². The number of carboxylic acids is 1. The Morgan fingerprint density at radius 3 is 2.60 bits per heavy atom. The molecule has 1 rings (SSSR count). The number of likely N-dealkylation sites (N-methyl/N-ethyl adjacent to an activating group) is 1. The molecular formula is C10H12ClNO3. The van der Waals surface area contributed by atoms with Gasteiger partial charge in [0.05, 0.1) is 0 Å². The second kappa shape index (κ2) is 5.58. The molecule has 0 radical (unpaired) electrons. The highest BCUT2D eigenvalue weighted by atomic mass is 35.5. The van der Waals surface area contributed by atoms with Gasteiger partial charge in [-0.3, -0.25) is 4.79 Å². The van der Waals surface area contributed by atoms with E-state index in [1.54, 1.807) is 31.3 Å². The fourth-order valence-electron chi connectivity index (χ4n) is 0.988. The highest BCUT2D eigenvalue weighted by Crippen LogP contribution is 2.15. The summed E-state index contributed by atoms with van der Waals surface area (Å²) < 4.78 is 5.27. The third-order valence-corrected chi connectivity index (χ3v) is 2.13. The van der Waals surface area contributed by atoms with Crippen LogP contribution in [-0.4, -0.2) is 30.8 Å². The van der Waals surface area contributed by atoms with E-state index in [2.05, 4.69) is 5.32 Å². The molecule has 0 aliphatic carbocycles. The maximum Gasteiger partial charge on any atom is 0.324 e. The Labute approximate surface area is 92.8 Å².